The van der Waals surface area contributed by atoms with Crippen molar-refractivity contribution in [1.82, 2.24) is 4.90 Å². The number of aryl methyl sites for hydroxylation is 1. The number of hydrogen-bond donors (Lipinski definition) is 1. The summed E-state index contributed by atoms with van der Waals surface area (Å²) in [6, 6.07) is 27.1. The molecule has 1 unspecified atom stereocenters. The zero-order valence-corrected chi connectivity index (χ0v) is 19.2. The van der Waals surface area contributed by atoms with E-state index >= 15 is 0 Å². The first-order chi connectivity index (χ1) is 15.9. The van der Waals surface area contributed by atoms with Crippen LogP contribution < -0.4 is 5.73 Å². The standard InChI is InChI=1S/C29H28N2O2/c1-19-12-10-11-17-24(19)27-25(28(32)23-15-8-5-9-16-23)20(2)31(21(3)26(27)29(30)33)18-22-13-6-4-7-14-22/h4-17,27H,18H2,1-3H3,(H2,30,33). The van der Waals surface area contributed by atoms with Crippen LogP contribution >= 0.6 is 0 Å². The highest BCUT2D eigenvalue weighted by Crippen LogP contribution is 2.44. The number of benzene rings is 3. The molecule has 0 radical (unpaired) electrons. The summed E-state index contributed by atoms with van der Waals surface area (Å²) in [5.74, 6) is -1.13. The number of rotatable bonds is 6. The molecule has 3 aromatic carbocycles. The first-order valence-electron chi connectivity index (χ1n) is 11.1. The highest BCUT2D eigenvalue weighted by molar-refractivity contribution is 6.12. The molecule has 1 aliphatic rings. The van der Waals surface area contributed by atoms with Crippen LogP contribution in [0.5, 0.6) is 0 Å². The minimum Gasteiger partial charge on any atom is -0.366 e. The molecule has 1 amide bonds. The molecule has 3 aromatic rings. The molecule has 0 spiro atoms. The number of allylic oxidation sites excluding steroid dienone is 3. The van der Waals surface area contributed by atoms with Crippen LogP contribution in [0.2, 0.25) is 0 Å². The summed E-state index contributed by atoms with van der Waals surface area (Å²) in [6.07, 6.45) is 0. The van der Waals surface area contributed by atoms with Crippen molar-refractivity contribution in [3.8, 4) is 0 Å². The minimum atomic E-state index is -0.525. The van der Waals surface area contributed by atoms with Crippen molar-refractivity contribution in [3.63, 3.8) is 0 Å². The molecular formula is C29H28N2O2. The monoisotopic (exact) mass is 436 g/mol. The van der Waals surface area contributed by atoms with Crippen LogP contribution in [-0.2, 0) is 11.3 Å². The summed E-state index contributed by atoms with van der Waals surface area (Å²) in [6.45, 7) is 6.42. The normalized spacial score (nSPS) is 16.2. The van der Waals surface area contributed by atoms with Crippen molar-refractivity contribution < 1.29 is 9.59 Å². The van der Waals surface area contributed by atoms with Crippen LogP contribution in [0, 0.1) is 6.92 Å². The van der Waals surface area contributed by atoms with E-state index in [2.05, 4.69) is 0 Å². The van der Waals surface area contributed by atoms with Gasteiger partial charge in [0.25, 0.3) is 0 Å². The third-order valence-electron chi connectivity index (χ3n) is 6.40. The molecule has 1 aliphatic heterocycles. The second-order valence-corrected chi connectivity index (χ2v) is 8.42. The molecular weight excluding hydrogens is 408 g/mol. The van der Waals surface area contributed by atoms with Crippen molar-refractivity contribution in [2.75, 3.05) is 0 Å². The highest BCUT2D eigenvalue weighted by Gasteiger charge is 2.39. The summed E-state index contributed by atoms with van der Waals surface area (Å²) in [5, 5.41) is 0. The maximum atomic E-state index is 13.9. The zero-order chi connectivity index (χ0) is 23.5. The van der Waals surface area contributed by atoms with Gasteiger partial charge in [-0.05, 0) is 37.5 Å². The van der Waals surface area contributed by atoms with E-state index in [9.17, 15) is 9.59 Å². The predicted molar refractivity (Wildman–Crippen MR) is 131 cm³/mol. The highest BCUT2D eigenvalue weighted by atomic mass is 16.1. The molecule has 33 heavy (non-hydrogen) atoms. The molecule has 4 nitrogen and oxygen atoms in total. The van der Waals surface area contributed by atoms with Gasteiger partial charge in [0.05, 0.1) is 0 Å². The summed E-state index contributed by atoms with van der Waals surface area (Å²) in [5.41, 5.74) is 12.3. The molecule has 4 heteroatoms. The number of carbonyl (C=O) groups excluding carboxylic acids is 2. The first-order valence-corrected chi connectivity index (χ1v) is 11.1. The Morgan fingerprint density at radius 3 is 1.91 bits per heavy atom. The SMILES string of the molecule is CC1=C(C(N)=O)C(c2ccccc2C)C(C(=O)c2ccccc2)=C(C)N1Cc1ccccc1. The molecule has 0 saturated heterocycles. The van der Waals surface area contributed by atoms with E-state index in [-0.39, 0.29) is 5.78 Å². The van der Waals surface area contributed by atoms with Gasteiger partial charge in [-0.25, -0.2) is 0 Å². The van der Waals surface area contributed by atoms with Crippen LogP contribution in [0.3, 0.4) is 0 Å². The van der Waals surface area contributed by atoms with Crippen molar-refractivity contribution in [1.29, 1.82) is 0 Å². The number of nitrogens with zero attached hydrogens (tertiary/aromatic N) is 1. The number of hydrogen-bond acceptors (Lipinski definition) is 3. The Morgan fingerprint density at radius 2 is 1.30 bits per heavy atom. The van der Waals surface area contributed by atoms with Gasteiger partial charge in [0.15, 0.2) is 5.78 Å². The smallest absolute Gasteiger partial charge is 0.247 e. The largest absolute Gasteiger partial charge is 0.366 e. The molecule has 0 aliphatic carbocycles. The number of ketones is 1. The van der Waals surface area contributed by atoms with E-state index in [0.29, 0.717) is 23.3 Å². The maximum Gasteiger partial charge on any atom is 0.247 e. The first kappa shape index (κ1) is 22.3. The fourth-order valence-corrected chi connectivity index (χ4v) is 4.69. The van der Waals surface area contributed by atoms with E-state index in [1.165, 1.54) is 0 Å². The molecule has 166 valence electrons. The quantitative estimate of drug-likeness (QED) is 0.518. The predicted octanol–water partition coefficient (Wildman–Crippen LogP) is 5.51. The van der Waals surface area contributed by atoms with Crippen LogP contribution in [0.4, 0.5) is 0 Å². The third-order valence-corrected chi connectivity index (χ3v) is 6.40. The van der Waals surface area contributed by atoms with Gasteiger partial charge in [-0.15, -0.1) is 0 Å². The summed E-state index contributed by atoms with van der Waals surface area (Å²) < 4.78 is 0. The van der Waals surface area contributed by atoms with Gasteiger partial charge in [-0.3, -0.25) is 9.59 Å². The number of nitrogens with two attached hydrogens (primary N) is 1. The van der Waals surface area contributed by atoms with Crippen LogP contribution in [0.25, 0.3) is 0 Å². The van der Waals surface area contributed by atoms with Crippen molar-refractivity contribution in [2.45, 2.75) is 33.2 Å². The van der Waals surface area contributed by atoms with Crippen molar-refractivity contribution in [3.05, 3.63) is 130 Å². The molecule has 0 aromatic heterocycles. The Morgan fingerprint density at radius 1 is 0.758 bits per heavy atom. The lowest BCUT2D eigenvalue weighted by Crippen LogP contribution is -2.36. The summed E-state index contributed by atoms with van der Waals surface area (Å²) >= 11 is 0. The molecule has 1 heterocycles. The second-order valence-electron chi connectivity index (χ2n) is 8.42. The molecule has 2 N–H and O–H groups in total. The Bertz CT molecular complexity index is 1260. The van der Waals surface area contributed by atoms with Gasteiger partial charge in [0.2, 0.25) is 5.91 Å². The van der Waals surface area contributed by atoms with E-state index in [0.717, 1.165) is 28.1 Å². The number of amides is 1. The molecule has 0 saturated carbocycles. The Balaban J connectivity index is 1.96. The number of Topliss-reactive ketones (excluding diaryl/α,β-unsaturated/α-hetero) is 1. The van der Waals surface area contributed by atoms with E-state index in [1.807, 2.05) is 111 Å². The van der Waals surface area contributed by atoms with E-state index < -0.39 is 11.8 Å². The van der Waals surface area contributed by atoms with Gasteiger partial charge in [-0.2, -0.15) is 0 Å². The molecule has 0 bridgehead atoms. The molecule has 4 rings (SSSR count). The lowest BCUT2D eigenvalue weighted by Gasteiger charge is -2.38. The topological polar surface area (TPSA) is 63.4 Å². The number of primary amides is 1. The summed E-state index contributed by atoms with van der Waals surface area (Å²) in [7, 11) is 0. The fourth-order valence-electron chi connectivity index (χ4n) is 4.69. The minimum absolute atomic E-state index is 0.0920. The second kappa shape index (κ2) is 9.29. The average Bonchev–Trinajstić information content (AvgIpc) is 2.82. The van der Waals surface area contributed by atoms with Gasteiger partial charge in [-0.1, -0.05) is 84.9 Å². The average molecular weight is 437 g/mol. The van der Waals surface area contributed by atoms with Gasteiger partial charge in [0, 0.05) is 40.6 Å². The van der Waals surface area contributed by atoms with Crippen molar-refractivity contribution >= 4 is 11.7 Å². The number of carbonyl (C=O) groups is 2. The van der Waals surface area contributed by atoms with E-state index in [4.69, 9.17) is 5.73 Å². The van der Waals surface area contributed by atoms with Crippen LogP contribution in [0.1, 0.15) is 46.8 Å². The van der Waals surface area contributed by atoms with Gasteiger partial charge < -0.3 is 10.6 Å². The van der Waals surface area contributed by atoms with Crippen molar-refractivity contribution in [2.24, 2.45) is 5.73 Å². The van der Waals surface area contributed by atoms with Gasteiger partial charge in [0.1, 0.15) is 0 Å². The maximum absolute atomic E-state index is 13.9. The van der Waals surface area contributed by atoms with Crippen LogP contribution in [-0.4, -0.2) is 16.6 Å². The van der Waals surface area contributed by atoms with E-state index in [1.54, 1.807) is 0 Å². The summed E-state index contributed by atoms with van der Waals surface area (Å²) in [4.78, 5) is 28.8. The van der Waals surface area contributed by atoms with Crippen LogP contribution in [0.15, 0.2) is 107 Å². The Hall–Kier alpha value is -3.92. The molecule has 1 atom stereocenters. The zero-order valence-electron chi connectivity index (χ0n) is 19.2. The third kappa shape index (κ3) is 4.24. The lowest BCUT2D eigenvalue weighted by molar-refractivity contribution is -0.115. The fraction of sp³-hybridized carbons (Fsp3) is 0.172. The lowest BCUT2D eigenvalue weighted by atomic mass is 9.75. The van der Waals surface area contributed by atoms with Gasteiger partial charge >= 0.3 is 0 Å². The Labute approximate surface area is 195 Å². The Kier molecular flexibility index (Phi) is 6.27. The molecule has 0 fully saturated rings.